The van der Waals surface area contributed by atoms with Crippen LogP contribution in [0, 0.1) is 11.6 Å². The molecule has 280 valence electrons. The Labute approximate surface area is 296 Å². The highest BCUT2D eigenvalue weighted by Gasteiger charge is 2.36. The molecule has 0 aromatic heterocycles. The van der Waals surface area contributed by atoms with Gasteiger partial charge in [-0.05, 0) is 78.8 Å². The van der Waals surface area contributed by atoms with Crippen molar-refractivity contribution in [1.29, 1.82) is 0 Å². The molecular weight excluding hydrogens is 693 g/mol. The second kappa shape index (κ2) is 19.1. The van der Waals surface area contributed by atoms with Crippen LogP contribution in [0.2, 0.25) is 0 Å². The molecule has 51 heavy (non-hydrogen) atoms. The summed E-state index contributed by atoms with van der Waals surface area (Å²) in [5, 5.41) is 4.71. The second-order valence-electron chi connectivity index (χ2n) is 12.6. The van der Waals surface area contributed by atoms with Crippen molar-refractivity contribution in [3.63, 3.8) is 0 Å². The van der Waals surface area contributed by atoms with Gasteiger partial charge in [-0.2, -0.15) is 13.2 Å². The minimum Gasteiger partial charge on any atom is -0.458 e. The lowest BCUT2D eigenvalue weighted by molar-refractivity contribution is -0.151. The van der Waals surface area contributed by atoms with Gasteiger partial charge in [0.1, 0.15) is 23.8 Å². The molecule has 0 aliphatic rings. The summed E-state index contributed by atoms with van der Waals surface area (Å²) in [6.07, 6.45) is -3.44. The fourth-order valence-electron chi connectivity index (χ4n) is 5.70. The SMILES string of the molecule is CCCC(CCC)S(=O)(=O)C[C@H](NC(=O)c1ccc(C(F)(F)F)cc1)C(=O)O[C@H](CNCc1cccc(CC)c1)[C@@H](N)Cc1cc(F)cc(F)c1. The Morgan fingerprint density at radius 2 is 1.47 bits per heavy atom. The van der Waals surface area contributed by atoms with E-state index in [1.165, 1.54) is 0 Å². The Bertz CT molecular complexity index is 1680. The highest BCUT2D eigenvalue weighted by Crippen LogP contribution is 2.29. The minimum absolute atomic E-state index is 0.0539. The molecule has 0 saturated heterocycles. The van der Waals surface area contributed by atoms with Gasteiger partial charge in [0.2, 0.25) is 0 Å². The van der Waals surface area contributed by atoms with Gasteiger partial charge in [-0.3, -0.25) is 4.79 Å². The Kier molecular flexibility index (Phi) is 15.6. The maximum Gasteiger partial charge on any atom is 0.416 e. The summed E-state index contributed by atoms with van der Waals surface area (Å²) in [5.41, 5.74) is 7.43. The number of carbonyl (C=O) groups excluding carboxylic acids is 2. The average molecular weight is 740 g/mol. The van der Waals surface area contributed by atoms with Crippen molar-refractivity contribution in [1.82, 2.24) is 10.6 Å². The van der Waals surface area contributed by atoms with Crippen molar-refractivity contribution in [2.75, 3.05) is 12.3 Å². The van der Waals surface area contributed by atoms with E-state index in [1.54, 1.807) is 0 Å². The molecule has 3 aromatic rings. The van der Waals surface area contributed by atoms with Gasteiger partial charge in [0.25, 0.3) is 5.91 Å². The molecule has 1 amide bonds. The number of nitrogens with two attached hydrogens (primary N) is 1. The van der Waals surface area contributed by atoms with Crippen molar-refractivity contribution in [2.45, 2.75) is 95.5 Å². The lowest BCUT2D eigenvalue weighted by Crippen LogP contribution is -2.52. The van der Waals surface area contributed by atoms with E-state index in [9.17, 15) is 40.0 Å². The molecule has 0 aliphatic heterocycles. The first-order chi connectivity index (χ1) is 24.1. The van der Waals surface area contributed by atoms with Crippen LogP contribution in [0.4, 0.5) is 22.0 Å². The first kappa shape index (κ1) is 41.5. The van der Waals surface area contributed by atoms with Gasteiger partial charge in [0.05, 0.1) is 16.6 Å². The van der Waals surface area contributed by atoms with E-state index in [1.807, 2.05) is 45.0 Å². The number of aryl methyl sites for hydroxylation is 1. The molecule has 4 N–H and O–H groups in total. The highest BCUT2D eigenvalue weighted by molar-refractivity contribution is 7.92. The summed E-state index contributed by atoms with van der Waals surface area (Å²) in [6, 6.07) is 11.1. The topological polar surface area (TPSA) is 128 Å². The van der Waals surface area contributed by atoms with E-state index in [0.717, 1.165) is 41.8 Å². The molecule has 0 aliphatic carbocycles. The van der Waals surface area contributed by atoms with E-state index in [2.05, 4.69) is 10.6 Å². The van der Waals surface area contributed by atoms with Gasteiger partial charge in [-0.15, -0.1) is 0 Å². The zero-order valence-electron chi connectivity index (χ0n) is 28.9. The van der Waals surface area contributed by atoms with Crippen LogP contribution in [0.3, 0.4) is 0 Å². The van der Waals surface area contributed by atoms with Crippen LogP contribution in [0.15, 0.2) is 66.7 Å². The second-order valence-corrected chi connectivity index (χ2v) is 14.9. The van der Waals surface area contributed by atoms with Crippen LogP contribution in [-0.2, 0) is 44.9 Å². The Balaban J connectivity index is 1.92. The third-order valence-corrected chi connectivity index (χ3v) is 10.7. The standard InChI is InChI=1S/C37H46F5N3O5S/c1-4-8-31(9-5-2)51(48,49)23-33(45-35(46)27-12-14-28(15-13-27)37(40,41)42)36(47)50-34(22-44-21-25-11-7-10-24(6-3)16-25)32(43)19-26-17-29(38)20-30(39)18-26/h7,10-18,20,31-34,44H,4-6,8-9,19,21-23,43H2,1-3H3,(H,45,46)/t32-,33-,34+/m0/s1. The normalized spacial score (nSPS) is 13.8. The van der Waals surface area contributed by atoms with Crippen LogP contribution in [0.5, 0.6) is 0 Å². The Morgan fingerprint density at radius 3 is 2.04 bits per heavy atom. The molecule has 3 atom stereocenters. The molecule has 0 saturated carbocycles. The number of carbonyl (C=O) groups is 2. The summed E-state index contributed by atoms with van der Waals surface area (Å²) in [6.45, 7) is 5.93. The van der Waals surface area contributed by atoms with Gasteiger partial charge >= 0.3 is 12.1 Å². The van der Waals surface area contributed by atoms with Crippen molar-refractivity contribution in [2.24, 2.45) is 5.73 Å². The van der Waals surface area contributed by atoms with E-state index in [4.69, 9.17) is 10.5 Å². The number of sulfone groups is 1. The van der Waals surface area contributed by atoms with Crippen LogP contribution in [0.1, 0.15) is 79.1 Å². The Hall–Kier alpha value is -3.88. The van der Waals surface area contributed by atoms with E-state index >= 15 is 0 Å². The van der Waals surface area contributed by atoms with Crippen molar-refractivity contribution >= 4 is 21.7 Å². The Morgan fingerprint density at radius 1 is 0.863 bits per heavy atom. The minimum atomic E-state index is -4.65. The fraction of sp³-hybridized carbons (Fsp3) is 0.459. The number of ether oxygens (including phenoxy) is 1. The number of hydrogen-bond acceptors (Lipinski definition) is 7. The van der Waals surface area contributed by atoms with Crippen LogP contribution < -0.4 is 16.4 Å². The number of benzene rings is 3. The predicted molar refractivity (Wildman–Crippen MR) is 186 cm³/mol. The number of hydrogen-bond donors (Lipinski definition) is 3. The molecule has 0 unspecified atom stereocenters. The first-order valence-corrected chi connectivity index (χ1v) is 18.7. The molecule has 3 rings (SSSR count). The van der Waals surface area contributed by atoms with Gasteiger partial charge in [0, 0.05) is 30.8 Å². The number of halogens is 5. The van der Waals surface area contributed by atoms with Crippen LogP contribution in [-0.4, -0.2) is 56.0 Å². The first-order valence-electron chi connectivity index (χ1n) is 16.9. The molecule has 8 nitrogen and oxygen atoms in total. The summed E-state index contributed by atoms with van der Waals surface area (Å²) >= 11 is 0. The number of alkyl halides is 3. The lowest BCUT2D eigenvalue weighted by Gasteiger charge is -2.28. The average Bonchev–Trinajstić information content (AvgIpc) is 3.06. The molecule has 0 heterocycles. The predicted octanol–water partition coefficient (Wildman–Crippen LogP) is 6.30. The molecule has 3 aromatic carbocycles. The number of rotatable bonds is 19. The van der Waals surface area contributed by atoms with E-state index in [-0.39, 0.29) is 24.1 Å². The van der Waals surface area contributed by atoms with Crippen molar-refractivity contribution in [3.8, 4) is 0 Å². The number of esters is 1. The monoisotopic (exact) mass is 739 g/mol. The fourth-order valence-corrected chi connectivity index (χ4v) is 7.84. The summed E-state index contributed by atoms with van der Waals surface area (Å²) < 4.78 is 100. The van der Waals surface area contributed by atoms with Crippen LogP contribution >= 0.6 is 0 Å². The highest BCUT2D eigenvalue weighted by atomic mass is 32.2. The molecule has 0 fully saturated rings. The largest absolute Gasteiger partial charge is 0.458 e. The quantitative estimate of drug-likeness (QED) is 0.0974. The maximum absolute atomic E-state index is 14.0. The number of nitrogens with one attached hydrogen (secondary N) is 2. The van der Waals surface area contributed by atoms with E-state index in [0.29, 0.717) is 50.4 Å². The molecule has 14 heteroatoms. The molecule has 0 bridgehead atoms. The third-order valence-electron chi connectivity index (χ3n) is 8.41. The van der Waals surface area contributed by atoms with Gasteiger partial charge in [0.15, 0.2) is 9.84 Å². The smallest absolute Gasteiger partial charge is 0.416 e. The zero-order chi connectivity index (χ0) is 37.8. The van der Waals surface area contributed by atoms with Crippen molar-refractivity contribution in [3.05, 3.63) is 106 Å². The van der Waals surface area contributed by atoms with Crippen LogP contribution in [0.25, 0.3) is 0 Å². The van der Waals surface area contributed by atoms with Crippen molar-refractivity contribution < 1.29 is 44.7 Å². The molecular formula is C37H46F5N3O5S. The van der Waals surface area contributed by atoms with E-state index < -0.39 is 74.3 Å². The van der Waals surface area contributed by atoms with Gasteiger partial charge in [-0.1, -0.05) is 57.9 Å². The summed E-state index contributed by atoms with van der Waals surface area (Å²) in [4.78, 5) is 27.1. The molecule has 0 radical (unpaired) electrons. The maximum atomic E-state index is 14.0. The summed E-state index contributed by atoms with van der Waals surface area (Å²) in [5.74, 6) is -4.63. The summed E-state index contributed by atoms with van der Waals surface area (Å²) in [7, 11) is -4.01. The third kappa shape index (κ3) is 13.0. The zero-order valence-corrected chi connectivity index (χ0v) is 29.8. The molecule has 0 spiro atoms. The van der Waals surface area contributed by atoms with Gasteiger partial charge < -0.3 is 21.1 Å². The lowest BCUT2D eigenvalue weighted by atomic mass is 10.0. The van der Waals surface area contributed by atoms with Gasteiger partial charge in [-0.25, -0.2) is 22.0 Å². The number of amides is 1.